The Morgan fingerprint density at radius 2 is 1.86 bits per heavy atom. The van der Waals surface area contributed by atoms with Crippen LogP contribution in [0.2, 0.25) is 0 Å². The average molecular weight is 293 g/mol. The van der Waals surface area contributed by atoms with Crippen molar-refractivity contribution in [2.75, 3.05) is 0 Å². The molecule has 0 radical (unpaired) electrons. The summed E-state index contributed by atoms with van der Waals surface area (Å²) in [6.07, 6.45) is 5.40. The Labute approximate surface area is 129 Å². The van der Waals surface area contributed by atoms with Crippen LogP contribution >= 0.6 is 0 Å². The molecule has 0 aliphatic rings. The lowest BCUT2D eigenvalue weighted by molar-refractivity contribution is -0.122. The van der Waals surface area contributed by atoms with Gasteiger partial charge >= 0.3 is 0 Å². The van der Waals surface area contributed by atoms with E-state index >= 15 is 0 Å². The number of carbonyl (C=O) groups is 1. The number of hydrogen-bond acceptors (Lipinski definition) is 2. The molecule has 0 fully saturated rings. The molecule has 0 aliphatic heterocycles. The Morgan fingerprint density at radius 3 is 2.64 bits per heavy atom. The van der Waals surface area contributed by atoms with Crippen LogP contribution in [0.3, 0.4) is 0 Å². The van der Waals surface area contributed by atoms with E-state index in [0.29, 0.717) is 0 Å². The van der Waals surface area contributed by atoms with Crippen LogP contribution < -0.4 is 5.32 Å². The molecule has 4 nitrogen and oxygen atoms in total. The van der Waals surface area contributed by atoms with Crippen LogP contribution in [-0.2, 0) is 4.79 Å². The van der Waals surface area contributed by atoms with Gasteiger partial charge in [-0.15, -0.1) is 0 Å². The van der Waals surface area contributed by atoms with E-state index in [1.54, 1.807) is 12.4 Å². The molecule has 0 aliphatic carbocycles. The summed E-state index contributed by atoms with van der Waals surface area (Å²) in [5, 5.41) is 4.17. The van der Waals surface area contributed by atoms with Gasteiger partial charge < -0.3 is 10.3 Å². The summed E-state index contributed by atoms with van der Waals surface area (Å²) in [4.78, 5) is 19.7. The van der Waals surface area contributed by atoms with Crippen LogP contribution in [0, 0.1) is 0 Å². The summed E-state index contributed by atoms with van der Waals surface area (Å²) < 4.78 is 0. The van der Waals surface area contributed by atoms with Crippen molar-refractivity contribution in [3.8, 4) is 0 Å². The minimum absolute atomic E-state index is 0.0223. The molecule has 2 aromatic heterocycles. The predicted molar refractivity (Wildman–Crippen MR) is 87.5 cm³/mol. The predicted octanol–water partition coefficient (Wildman–Crippen LogP) is 3.54. The summed E-state index contributed by atoms with van der Waals surface area (Å²) in [7, 11) is 0. The zero-order valence-electron chi connectivity index (χ0n) is 12.7. The van der Waals surface area contributed by atoms with Gasteiger partial charge in [-0.05, 0) is 43.2 Å². The Kier molecular flexibility index (Phi) is 3.92. The normalized spacial score (nSPS) is 13.7. The molecule has 0 saturated heterocycles. The number of H-pyrrole nitrogens is 1. The fraction of sp³-hybridized carbons (Fsp3) is 0.222. The SMILES string of the molecule is CC(NC(=O)C(C)c1c[nH]c2ccccc12)c1ccncc1. The second-order valence-electron chi connectivity index (χ2n) is 5.52. The van der Waals surface area contributed by atoms with Gasteiger partial charge in [-0.2, -0.15) is 0 Å². The largest absolute Gasteiger partial charge is 0.361 e. The smallest absolute Gasteiger partial charge is 0.227 e. The number of rotatable bonds is 4. The van der Waals surface area contributed by atoms with E-state index < -0.39 is 0 Å². The number of carbonyl (C=O) groups excluding carboxylic acids is 1. The van der Waals surface area contributed by atoms with Crippen molar-refractivity contribution >= 4 is 16.8 Å². The summed E-state index contributed by atoms with van der Waals surface area (Å²) in [5.74, 6) is -0.186. The number of fused-ring (bicyclic) bond motifs is 1. The highest BCUT2D eigenvalue weighted by Crippen LogP contribution is 2.26. The number of nitrogens with zero attached hydrogens (tertiary/aromatic N) is 1. The number of aromatic amines is 1. The van der Waals surface area contributed by atoms with Gasteiger partial charge in [-0.25, -0.2) is 0 Å². The molecule has 0 saturated carbocycles. The van der Waals surface area contributed by atoms with Crippen molar-refractivity contribution < 1.29 is 4.79 Å². The van der Waals surface area contributed by atoms with Crippen LogP contribution in [-0.4, -0.2) is 15.9 Å². The first-order valence-corrected chi connectivity index (χ1v) is 7.43. The van der Waals surface area contributed by atoms with Crippen molar-refractivity contribution in [2.24, 2.45) is 0 Å². The average Bonchev–Trinajstić information content (AvgIpc) is 2.99. The fourth-order valence-corrected chi connectivity index (χ4v) is 2.67. The monoisotopic (exact) mass is 293 g/mol. The van der Waals surface area contributed by atoms with Crippen molar-refractivity contribution in [1.29, 1.82) is 0 Å². The van der Waals surface area contributed by atoms with E-state index in [9.17, 15) is 4.79 Å². The van der Waals surface area contributed by atoms with Gasteiger partial charge in [-0.1, -0.05) is 18.2 Å². The maximum atomic E-state index is 12.5. The number of nitrogens with one attached hydrogen (secondary N) is 2. The Balaban J connectivity index is 1.77. The first kappa shape index (κ1) is 14.3. The Morgan fingerprint density at radius 1 is 1.14 bits per heavy atom. The highest BCUT2D eigenvalue weighted by molar-refractivity contribution is 5.91. The molecule has 4 heteroatoms. The van der Waals surface area contributed by atoms with Gasteiger partial charge in [0.05, 0.1) is 12.0 Å². The number of hydrogen-bond donors (Lipinski definition) is 2. The highest BCUT2D eigenvalue weighted by atomic mass is 16.1. The molecule has 2 N–H and O–H groups in total. The molecule has 112 valence electrons. The molecule has 22 heavy (non-hydrogen) atoms. The molecule has 0 bridgehead atoms. The van der Waals surface area contributed by atoms with E-state index in [1.165, 1.54) is 0 Å². The van der Waals surface area contributed by atoms with E-state index in [2.05, 4.69) is 15.3 Å². The minimum Gasteiger partial charge on any atom is -0.361 e. The van der Waals surface area contributed by atoms with Gasteiger partial charge in [0, 0.05) is 29.5 Å². The maximum Gasteiger partial charge on any atom is 0.227 e. The zero-order chi connectivity index (χ0) is 15.5. The summed E-state index contributed by atoms with van der Waals surface area (Å²) >= 11 is 0. The third kappa shape index (κ3) is 2.72. The number of amides is 1. The molecule has 3 aromatic rings. The van der Waals surface area contributed by atoms with Gasteiger partial charge in [0.1, 0.15) is 0 Å². The lowest BCUT2D eigenvalue weighted by atomic mass is 9.99. The summed E-state index contributed by atoms with van der Waals surface area (Å²) in [6.45, 7) is 3.92. The van der Waals surface area contributed by atoms with Gasteiger partial charge in [-0.3, -0.25) is 9.78 Å². The van der Waals surface area contributed by atoms with Crippen LogP contribution in [0.25, 0.3) is 10.9 Å². The highest BCUT2D eigenvalue weighted by Gasteiger charge is 2.20. The molecule has 2 unspecified atom stereocenters. The Bertz CT molecular complexity index is 779. The molecule has 2 atom stereocenters. The Hall–Kier alpha value is -2.62. The minimum atomic E-state index is -0.208. The third-order valence-corrected chi connectivity index (χ3v) is 4.05. The van der Waals surface area contributed by atoms with E-state index in [1.807, 2.05) is 56.4 Å². The standard InChI is InChI=1S/C18H19N3O/c1-12(16-11-20-17-6-4-3-5-15(16)17)18(22)21-13(2)14-7-9-19-10-8-14/h3-13,20H,1-2H3,(H,21,22). The summed E-state index contributed by atoms with van der Waals surface area (Å²) in [5.41, 5.74) is 3.13. The lowest BCUT2D eigenvalue weighted by Gasteiger charge is -2.17. The quantitative estimate of drug-likeness (QED) is 0.773. The topological polar surface area (TPSA) is 57.8 Å². The molecule has 3 rings (SSSR count). The van der Waals surface area contributed by atoms with Crippen molar-refractivity contribution in [2.45, 2.75) is 25.8 Å². The van der Waals surface area contributed by atoms with Crippen molar-refractivity contribution in [3.05, 3.63) is 66.1 Å². The molecular weight excluding hydrogens is 274 g/mol. The third-order valence-electron chi connectivity index (χ3n) is 4.05. The lowest BCUT2D eigenvalue weighted by Crippen LogP contribution is -2.30. The molecule has 1 aromatic carbocycles. The van der Waals surface area contributed by atoms with E-state index in [4.69, 9.17) is 0 Å². The second-order valence-corrected chi connectivity index (χ2v) is 5.52. The van der Waals surface area contributed by atoms with Crippen molar-refractivity contribution in [3.63, 3.8) is 0 Å². The van der Waals surface area contributed by atoms with Crippen LogP contribution in [0.5, 0.6) is 0 Å². The molecule has 2 heterocycles. The number of benzene rings is 1. The molecule has 0 spiro atoms. The fourth-order valence-electron chi connectivity index (χ4n) is 2.67. The maximum absolute atomic E-state index is 12.5. The number of aromatic nitrogens is 2. The van der Waals surface area contributed by atoms with Crippen molar-refractivity contribution in [1.82, 2.24) is 15.3 Å². The number of pyridine rings is 1. The van der Waals surface area contributed by atoms with E-state index in [0.717, 1.165) is 22.0 Å². The number of para-hydroxylation sites is 1. The first-order chi connectivity index (χ1) is 10.7. The van der Waals surface area contributed by atoms with Crippen LogP contribution in [0.1, 0.15) is 36.9 Å². The van der Waals surface area contributed by atoms with E-state index in [-0.39, 0.29) is 17.9 Å². The van der Waals surface area contributed by atoms with Crippen LogP contribution in [0.4, 0.5) is 0 Å². The van der Waals surface area contributed by atoms with Gasteiger partial charge in [0.25, 0.3) is 0 Å². The zero-order valence-corrected chi connectivity index (χ0v) is 12.7. The van der Waals surface area contributed by atoms with Gasteiger partial charge in [0.2, 0.25) is 5.91 Å². The van der Waals surface area contributed by atoms with Crippen LogP contribution in [0.15, 0.2) is 55.0 Å². The first-order valence-electron chi connectivity index (χ1n) is 7.43. The van der Waals surface area contributed by atoms with Gasteiger partial charge in [0.15, 0.2) is 0 Å². The second kappa shape index (κ2) is 6.02. The summed E-state index contributed by atoms with van der Waals surface area (Å²) in [6, 6.07) is 11.8. The molecule has 1 amide bonds. The molecular formula is C18H19N3O.